The summed E-state index contributed by atoms with van der Waals surface area (Å²) >= 11 is 0. The maximum absolute atomic E-state index is 13.4. The van der Waals surface area contributed by atoms with Gasteiger partial charge in [0.1, 0.15) is 5.70 Å². The van der Waals surface area contributed by atoms with Gasteiger partial charge in [0.05, 0.1) is 16.8 Å². The number of alkyl halides is 3. The van der Waals surface area contributed by atoms with Crippen LogP contribution in [0.25, 0.3) is 5.57 Å². The van der Waals surface area contributed by atoms with Gasteiger partial charge in [-0.25, -0.2) is 4.90 Å². The first kappa shape index (κ1) is 20.2. The van der Waals surface area contributed by atoms with Crippen molar-refractivity contribution in [3.05, 3.63) is 70.9 Å². The second kappa shape index (κ2) is 7.63. The zero-order chi connectivity index (χ0) is 21.5. The van der Waals surface area contributed by atoms with Crippen LogP contribution in [0.5, 0.6) is 0 Å². The van der Waals surface area contributed by atoms with Crippen LogP contribution >= 0.6 is 0 Å². The molecule has 0 N–H and O–H groups in total. The van der Waals surface area contributed by atoms with Crippen LogP contribution in [0.4, 0.5) is 18.9 Å². The Hall–Kier alpha value is -3.09. The Morgan fingerprint density at radius 3 is 2.17 bits per heavy atom. The number of carbonyl (C=O) groups is 2. The number of amides is 2. The summed E-state index contributed by atoms with van der Waals surface area (Å²) in [6.45, 7) is 3.20. The van der Waals surface area contributed by atoms with E-state index >= 15 is 0 Å². The van der Waals surface area contributed by atoms with E-state index in [9.17, 15) is 22.8 Å². The lowest BCUT2D eigenvalue weighted by Gasteiger charge is -2.29. The summed E-state index contributed by atoms with van der Waals surface area (Å²) in [6.07, 6.45) is -1.72. The van der Waals surface area contributed by atoms with Crippen LogP contribution < -0.4 is 4.90 Å². The van der Waals surface area contributed by atoms with E-state index in [1.807, 2.05) is 24.0 Å². The highest BCUT2D eigenvalue weighted by Crippen LogP contribution is 2.38. The zero-order valence-corrected chi connectivity index (χ0v) is 16.5. The maximum Gasteiger partial charge on any atom is 0.416 e. The molecule has 0 spiro atoms. The second-order valence-corrected chi connectivity index (χ2v) is 7.63. The third-order valence-electron chi connectivity index (χ3n) is 5.50. The Bertz CT molecular complexity index is 1020. The highest BCUT2D eigenvalue weighted by atomic mass is 19.4. The molecule has 4 rings (SSSR count). The number of likely N-dealkylation sites (tertiary alicyclic amines) is 1. The summed E-state index contributed by atoms with van der Waals surface area (Å²) < 4.78 is 39.6. The molecule has 0 atom stereocenters. The van der Waals surface area contributed by atoms with Crippen molar-refractivity contribution in [1.29, 1.82) is 0 Å². The normalized spacial score (nSPS) is 17.9. The first-order valence-corrected chi connectivity index (χ1v) is 9.89. The van der Waals surface area contributed by atoms with Crippen LogP contribution in [0.2, 0.25) is 0 Å². The molecule has 1 fully saturated rings. The molecule has 2 aromatic rings. The number of nitrogens with zero attached hydrogens (tertiary/aromatic N) is 2. The predicted molar refractivity (Wildman–Crippen MR) is 107 cm³/mol. The Labute approximate surface area is 172 Å². The summed E-state index contributed by atoms with van der Waals surface area (Å²) in [6, 6.07) is 11.6. The van der Waals surface area contributed by atoms with Gasteiger partial charge in [0, 0.05) is 13.1 Å². The molecule has 2 aromatic carbocycles. The quantitative estimate of drug-likeness (QED) is 0.679. The zero-order valence-electron chi connectivity index (χ0n) is 16.5. The average molecular weight is 414 g/mol. The van der Waals surface area contributed by atoms with Crippen LogP contribution in [0, 0.1) is 6.92 Å². The largest absolute Gasteiger partial charge is 0.416 e. The van der Waals surface area contributed by atoms with Gasteiger partial charge in [-0.2, -0.15) is 13.2 Å². The molecule has 2 aliphatic rings. The van der Waals surface area contributed by atoms with Crippen molar-refractivity contribution in [2.75, 3.05) is 18.0 Å². The molecule has 7 heteroatoms. The summed E-state index contributed by atoms with van der Waals surface area (Å²) in [5.41, 5.74) is 1.15. The van der Waals surface area contributed by atoms with E-state index in [-0.39, 0.29) is 17.0 Å². The molecule has 4 nitrogen and oxygen atoms in total. The van der Waals surface area contributed by atoms with Gasteiger partial charge in [0.2, 0.25) is 0 Å². The van der Waals surface area contributed by atoms with Gasteiger partial charge in [-0.1, -0.05) is 35.9 Å². The maximum atomic E-state index is 13.4. The van der Waals surface area contributed by atoms with E-state index in [0.717, 1.165) is 41.9 Å². The van der Waals surface area contributed by atoms with E-state index in [1.165, 1.54) is 12.1 Å². The smallest absolute Gasteiger partial charge is 0.366 e. The standard InChI is InChI=1S/C23H21F3N2O2/c1-15-8-10-16(11-9-15)19-20(27-12-3-2-4-13-27)22(30)28(21(19)29)18-7-5-6-17(14-18)23(24,25)26/h5-11,14H,2-4,12-13H2,1H3. The molecular formula is C23H21F3N2O2. The van der Waals surface area contributed by atoms with Crippen molar-refractivity contribution in [3.8, 4) is 0 Å². The molecular weight excluding hydrogens is 393 g/mol. The second-order valence-electron chi connectivity index (χ2n) is 7.63. The first-order valence-electron chi connectivity index (χ1n) is 9.89. The lowest BCUT2D eigenvalue weighted by Crippen LogP contribution is -2.37. The fourth-order valence-electron chi connectivity index (χ4n) is 3.97. The molecule has 0 bridgehead atoms. The minimum atomic E-state index is -4.56. The number of piperidine rings is 1. The van der Waals surface area contributed by atoms with Crippen molar-refractivity contribution >= 4 is 23.1 Å². The minimum Gasteiger partial charge on any atom is -0.366 e. The molecule has 0 radical (unpaired) electrons. The number of aryl methyl sites for hydroxylation is 1. The Morgan fingerprint density at radius 1 is 0.867 bits per heavy atom. The van der Waals surface area contributed by atoms with Crippen molar-refractivity contribution in [1.82, 2.24) is 4.90 Å². The molecule has 30 heavy (non-hydrogen) atoms. The fourth-order valence-corrected chi connectivity index (χ4v) is 3.97. The number of hydrogen-bond donors (Lipinski definition) is 0. The highest BCUT2D eigenvalue weighted by molar-refractivity contribution is 6.45. The summed E-state index contributed by atoms with van der Waals surface area (Å²) in [7, 11) is 0. The molecule has 1 saturated heterocycles. The molecule has 2 amide bonds. The minimum absolute atomic E-state index is 0.0727. The molecule has 156 valence electrons. The van der Waals surface area contributed by atoms with Gasteiger partial charge in [-0.15, -0.1) is 0 Å². The van der Waals surface area contributed by atoms with Crippen molar-refractivity contribution in [3.63, 3.8) is 0 Å². The Balaban J connectivity index is 1.81. The summed E-state index contributed by atoms with van der Waals surface area (Å²) in [5, 5.41) is 0. The van der Waals surface area contributed by atoms with Gasteiger partial charge in [0.25, 0.3) is 11.8 Å². The van der Waals surface area contributed by atoms with Crippen molar-refractivity contribution in [2.24, 2.45) is 0 Å². The molecule has 2 aliphatic heterocycles. The van der Waals surface area contributed by atoms with Gasteiger partial charge in [-0.05, 0) is 49.9 Å². The van der Waals surface area contributed by atoms with Crippen LogP contribution in [0.1, 0.15) is 36.0 Å². The Kier molecular flexibility index (Phi) is 5.13. The van der Waals surface area contributed by atoms with Crippen LogP contribution in [0.3, 0.4) is 0 Å². The molecule has 0 aromatic heterocycles. The van der Waals surface area contributed by atoms with Crippen LogP contribution in [0.15, 0.2) is 54.2 Å². The number of benzene rings is 2. The number of hydrogen-bond acceptors (Lipinski definition) is 3. The number of rotatable bonds is 3. The van der Waals surface area contributed by atoms with E-state index in [0.29, 0.717) is 18.7 Å². The van der Waals surface area contributed by atoms with Gasteiger partial charge in [-0.3, -0.25) is 9.59 Å². The number of anilines is 1. The summed E-state index contributed by atoms with van der Waals surface area (Å²) in [5.74, 6) is -1.17. The van der Waals surface area contributed by atoms with Crippen LogP contribution in [-0.2, 0) is 15.8 Å². The number of halogens is 3. The molecule has 2 heterocycles. The van der Waals surface area contributed by atoms with Crippen molar-refractivity contribution < 1.29 is 22.8 Å². The highest BCUT2D eigenvalue weighted by Gasteiger charge is 2.43. The molecule has 0 aliphatic carbocycles. The van der Waals surface area contributed by atoms with Crippen molar-refractivity contribution in [2.45, 2.75) is 32.4 Å². The topological polar surface area (TPSA) is 40.6 Å². The van der Waals surface area contributed by atoms with Gasteiger partial charge < -0.3 is 4.90 Å². The van der Waals surface area contributed by atoms with Gasteiger partial charge >= 0.3 is 6.18 Å². The predicted octanol–water partition coefficient (Wildman–Crippen LogP) is 4.78. The fraction of sp³-hybridized carbons (Fsp3) is 0.304. The SMILES string of the molecule is Cc1ccc(C2=C(N3CCCCC3)C(=O)N(c3cccc(C(F)(F)F)c3)C2=O)cc1. The lowest BCUT2D eigenvalue weighted by molar-refractivity contribution is -0.137. The first-order chi connectivity index (χ1) is 14.3. The Morgan fingerprint density at radius 2 is 1.53 bits per heavy atom. The lowest BCUT2D eigenvalue weighted by atomic mass is 10.0. The average Bonchev–Trinajstić information content (AvgIpc) is 2.99. The van der Waals surface area contributed by atoms with E-state index in [1.54, 1.807) is 12.1 Å². The van der Waals surface area contributed by atoms with E-state index in [2.05, 4.69) is 0 Å². The van der Waals surface area contributed by atoms with Crippen LogP contribution in [-0.4, -0.2) is 29.8 Å². The summed E-state index contributed by atoms with van der Waals surface area (Å²) in [4.78, 5) is 29.5. The number of imide groups is 1. The monoisotopic (exact) mass is 414 g/mol. The van der Waals surface area contributed by atoms with Gasteiger partial charge in [0.15, 0.2) is 0 Å². The molecule has 0 unspecified atom stereocenters. The third kappa shape index (κ3) is 3.60. The molecule has 0 saturated carbocycles. The van der Waals surface area contributed by atoms with E-state index in [4.69, 9.17) is 0 Å². The number of carbonyl (C=O) groups excluding carboxylic acids is 2. The van der Waals surface area contributed by atoms with E-state index < -0.39 is 23.6 Å². The third-order valence-corrected chi connectivity index (χ3v) is 5.50.